The molecule has 35 heavy (non-hydrogen) atoms. The Morgan fingerprint density at radius 2 is 2.06 bits per heavy atom. The molecule has 0 bridgehead atoms. The number of rotatable bonds is 5. The zero-order valence-electron chi connectivity index (χ0n) is 20.2. The molecule has 2 aromatic rings. The van der Waals surface area contributed by atoms with Crippen LogP contribution in [0.3, 0.4) is 0 Å². The van der Waals surface area contributed by atoms with Gasteiger partial charge in [-0.3, -0.25) is 4.79 Å². The Morgan fingerprint density at radius 1 is 1.29 bits per heavy atom. The molecule has 0 saturated heterocycles. The molecule has 0 unspecified atom stereocenters. The fraction of sp³-hybridized carbons (Fsp3) is 0.462. The molecule has 1 aromatic carbocycles. The number of ether oxygens (including phenoxy) is 1. The largest absolute Gasteiger partial charge is 0.487 e. The van der Waals surface area contributed by atoms with E-state index in [1.54, 1.807) is 49.3 Å². The lowest BCUT2D eigenvalue weighted by Gasteiger charge is -2.37. The molecule has 1 aliphatic carbocycles. The second kappa shape index (κ2) is 10.4. The zero-order chi connectivity index (χ0) is 25.2. The first kappa shape index (κ1) is 25.2. The molecule has 3 atom stereocenters. The second-order valence-electron chi connectivity index (χ2n) is 9.36. The van der Waals surface area contributed by atoms with Crippen molar-refractivity contribution in [3.8, 4) is 17.6 Å². The number of aliphatic hydroxyl groups excluding tert-OH is 1. The van der Waals surface area contributed by atoms with E-state index in [4.69, 9.17) is 4.74 Å². The average Bonchev–Trinajstić information content (AvgIpc) is 3.70. The fourth-order valence-corrected chi connectivity index (χ4v) is 5.92. The molecule has 1 amide bonds. The van der Waals surface area contributed by atoms with Gasteiger partial charge in [0.25, 0.3) is 0 Å². The zero-order valence-corrected chi connectivity index (χ0v) is 21.0. The number of carbonyl (C=O) groups is 1. The van der Waals surface area contributed by atoms with Crippen molar-refractivity contribution in [3.05, 3.63) is 53.9 Å². The van der Waals surface area contributed by atoms with E-state index < -0.39 is 22.2 Å². The van der Waals surface area contributed by atoms with Gasteiger partial charge in [0.1, 0.15) is 22.4 Å². The lowest BCUT2D eigenvalue weighted by molar-refractivity contribution is -0.132. The smallest absolute Gasteiger partial charge is 0.247 e. The SMILES string of the molecule is C[C@@H]1CN([C@H](C)CO)S(=O)(=O)c2ccc(C#Cc3ccccn3)cc2O[C@H]1CN(C)C(=O)C1CC1. The summed E-state index contributed by atoms with van der Waals surface area (Å²) in [5.41, 5.74) is 1.18. The van der Waals surface area contributed by atoms with E-state index in [1.165, 1.54) is 10.4 Å². The minimum Gasteiger partial charge on any atom is -0.487 e. The van der Waals surface area contributed by atoms with Crippen molar-refractivity contribution in [2.75, 3.05) is 26.7 Å². The number of fused-ring (bicyclic) bond motifs is 1. The predicted molar refractivity (Wildman–Crippen MR) is 131 cm³/mol. The van der Waals surface area contributed by atoms with Gasteiger partial charge in [-0.25, -0.2) is 13.4 Å². The van der Waals surface area contributed by atoms with Gasteiger partial charge in [0.05, 0.1) is 13.2 Å². The third-order valence-electron chi connectivity index (χ3n) is 6.42. The van der Waals surface area contributed by atoms with Crippen LogP contribution < -0.4 is 4.74 Å². The molecular formula is C26H31N3O5S. The number of hydrogen-bond donors (Lipinski definition) is 1. The molecule has 2 aliphatic rings. The van der Waals surface area contributed by atoms with Crippen molar-refractivity contribution in [3.63, 3.8) is 0 Å². The van der Waals surface area contributed by atoms with Crippen molar-refractivity contribution in [1.82, 2.24) is 14.2 Å². The van der Waals surface area contributed by atoms with Crippen LogP contribution in [0, 0.1) is 23.7 Å². The lowest BCUT2D eigenvalue weighted by atomic mass is 10.0. The molecule has 1 N–H and O–H groups in total. The number of amides is 1. The van der Waals surface area contributed by atoms with Crippen LogP contribution in [0.5, 0.6) is 5.75 Å². The average molecular weight is 498 g/mol. The molecule has 1 saturated carbocycles. The maximum atomic E-state index is 13.6. The summed E-state index contributed by atoms with van der Waals surface area (Å²) in [5.74, 6) is 6.13. The first-order valence-electron chi connectivity index (χ1n) is 11.8. The maximum Gasteiger partial charge on any atom is 0.247 e. The number of carbonyl (C=O) groups excluding carboxylic acids is 1. The van der Waals surface area contributed by atoms with Crippen molar-refractivity contribution >= 4 is 15.9 Å². The summed E-state index contributed by atoms with van der Waals surface area (Å²) in [6, 6.07) is 9.59. The van der Waals surface area contributed by atoms with Crippen molar-refractivity contribution in [1.29, 1.82) is 0 Å². The summed E-state index contributed by atoms with van der Waals surface area (Å²) in [6.45, 7) is 3.78. The highest BCUT2D eigenvalue weighted by atomic mass is 32.2. The third kappa shape index (κ3) is 5.67. The van der Waals surface area contributed by atoms with Crippen molar-refractivity contribution in [2.45, 2.75) is 43.7 Å². The number of nitrogens with zero attached hydrogens (tertiary/aromatic N) is 3. The predicted octanol–water partition coefficient (Wildman–Crippen LogP) is 2.12. The van der Waals surface area contributed by atoms with Gasteiger partial charge in [-0.05, 0) is 56.0 Å². The minimum atomic E-state index is -3.94. The number of pyridine rings is 1. The molecule has 1 aromatic heterocycles. The van der Waals surface area contributed by atoms with Crippen LogP contribution >= 0.6 is 0 Å². The normalized spacial score (nSPS) is 22.4. The number of aromatic nitrogens is 1. The van der Waals surface area contributed by atoms with Gasteiger partial charge in [-0.1, -0.05) is 18.9 Å². The van der Waals surface area contributed by atoms with Gasteiger partial charge < -0.3 is 14.7 Å². The summed E-state index contributed by atoms with van der Waals surface area (Å²) in [5, 5.41) is 9.78. The highest BCUT2D eigenvalue weighted by Gasteiger charge is 2.39. The summed E-state index contributed by atoms with van der Waals surface area (Å²) in [7, 11) is -2.18. The van der Waals surface area contributed by atoms with Gasteiger partial charge in [-0.2, -0.15) is 4.31 Å². The number of benzene rings is 1. The van der Waals surface area contributed by atoms with Crippen LogP contribution in [0.1, 0.15) is 37.9 Å². The summed E-state index contributed by atoms with van der Waals surface area (Å²) in [4.78, 5) is 18.5. The standard InChI is InChI=1S/C26H31N3O5S/c1-18-15-29(19(2)17-30)35(32,33)25-12-8-20(7-11-22-6-4-5-13-27-22)14-23(25)34-24(18)16-28(3)26(31)21-9-10-21/h4-6,8,12-14,18-19,21,24,30H,9-10,15-17H2,1-3H3/t18-,19-,24+/m1/s1. The first-order valence-corrected chi connectivity index (χ1v) is 13.3. The van der Waals surface area contributed by atoms with Crippen LogP contribution in [-0.4, -0.2) is 72.5 Å². The highest BCUT2D eigenvalue weighted by molar-refractivity contribution is 7.89. The van der Waals surface area contributed by atoms with E-state index in [0.29, 0.717) is 17.8 Å². The Hall–Kier alpha value is -2.93. The van der Waals surface area contributed by atoms with Crippen LogP contribution in [0.2, 0.25) is 0 Å². The summed E-state index contributed by atoms with van der Waals surface area (Å²) >= 11 is 0. The number of aliphatic hydroxyl groups is 1. The number of hydrogen-bond acceptors (Lipinski definition) is 6. The molecular weight excluding hydrogens is 466 g/mol. The van der Waals surface area contributed by atoms with Crippen molar-refractivity contribution in [2.24, 2.45) is 11.8 Å². The topological polar surface area (TPSA) is 100 Å². The number of sulfonamides is 1. The quantitative estimate of drug-likeness (QED) is 0.636. The van der Waals surface area contributed by atoms with Crippen LogP contribution in [-0.2, 0) is 14.8 Å². The van der Waals surface area contributed by atoms with Gasteiger partial charge in [0, 0.05) is 43.2 Å². The molecule has 186 valence electrons. The van der Waals surface area contributed by atoms with Gasteiger partial charge in [0.2, 0.25) is 15.9 Å². The van der Waals surface area contributed by atoms with Gasteiger partial charge in [0.15, 0.2) is 0 Å². The van der Waals surface area contributed by atoms with E-state index in [2.05, 4.69) is 16.8 Å². The molecule has 4 rings (SSSR count). The molecule has 1 aliphatic heterocycles. The molecule has 8 nitrogen and oxygen atoms in total. The lowest BCUT2D eigenvalue weighted by Crippen LogP contribution is -2.50. The van der Waals surface area contributed by atoms with Crippen LogP contribution in [0.15, 0.2) is 47.5 Å². The Morgan fingerprint density at radius 3 is 2.71 bits per heavy atom. The molecule has 0 spiro atoms. The Kier molecular flexibility index (Phi) is 7.45. The van der Waals surface area contributed by atoms with Crippen molar-refractivity contribution < 1.29 is 23.1 Å². The highest BCUT2D eigenvalue weighted by Crippen LogP contribution is 2.35. The molecule has 9 heteroatoms. The van der Waals surface area contributed by atoms with Gasteiger partial charge >= 0.3 is 0 Å². The van der Waals surface area contributed by atoms with E-state index in [1.807, 2.05) is 13.0 Å². The Bertz CT molecular complexity index is 1230. The van der Waals surface area contributed by atoms with E-state index >= 15 is 0 Å². The van der Waals surface area contributed by atoms with E-state index in [-0.39, 0.29) is 41.5 Å². The number of likely N-dealkylation sites (N-methyl/N-ethyl adjacent to an activating group) is 1. The molecule has 0 radical (unpaired) electrons. The first-order chi connectivity index (χ1) is 16.7. The van der Waals surface area contributed by atoms with Crippen LogP contribution in [0.4, 0.5) is 0 Å². The Balaban J connectivity index is 1.72. The summed E-state index contributed by atoms with van der Waals surface area (Å²) < 4.78 is 34.8. The Labute approximate surface area is 207 Å². The minimum absolute atomic E-state index is 0.0225. The molecule has 2 heterocycles. The molecule has 1 fully saturated rings. The summed E-state index contributed by atoms with van der Waals surface area (Å²) in [6.07, 6.45) is 3.03. The second-order valence-corrected chi connectivity index (χ2v) is 11.2. The van der Waals surface area contributed by atoms with E-state index in [9.17, 15) is 18.3 Å². The third-order valence-corrected chi connectivity index (χ3v) is 8.44. The fourth-order valence-electron chi connectivity index (χ4n) is 4.10. The maximum absolute atomic E-state index is 13.6. The monoisotopic (exact) mass is 497 g/mol. The van der Waals surface area contributed by atoms with E-state index in [0.717, 1.165) is 12.8 Å². The van der Waals surface area contributed by atoms with Crippen LogP contribution in [0.25, 0.3) is 0 Å². The van der Waals surface area contributed by atoms with Gasteiger partial charge in [-0.15, -0.1) is 0 Å².